The summed E-state index contributed by atoms with van der Waals surface area (Å²) >= 11 is 3.00. The van der Waals surface area contributed by atoms with Crippen LogP contribution in [0.1, 0.15) is 25.0 Å². The summed E-state index contributed by atoms with van der Waals surface area (Å²) in [6.45, 7) is 0. The molecule has 3 aromatic rings. The number of methoxy groups -OCH3 is 1. The molecule has 25 heavy (non-hydrogen) atoms. The van der Waals surface area contributed by atoms with Crippen LogP contribution in [0.15, 0.2) is 22.9 Å². The van der Waals surface area contributed by atoms with Crippen molar-refractivity contribution in [1.29, 1.82) is 0 Å². The second-order valence-electron chi connectivity index (χ2n) is 6.82. The zero-order valence-electron chi connectivity index (χ0n) is 13.3. The highest BCUT2D eigenvalue weighted by atomic mass is 79.9. The van der Waals surface area contributed by atoms with E-state index in [1.165, 1.54) is 6.20 Å². The number of halogens is 3. The normalized spacial score (nSPS) is 24.1. The number of pyridine rings is 1. The maximum atomic E-state index is 14.3. The average Bonchev–Trinajstić information content (AvgIpc) is 2.90. The van der Waals surface area contributed by atoms with E-state index in [-0.39, 0.29) is 15.7 Å². The minimum Gasteiger partial charge on any atom is -0.495 e. The second kappa shape index (κ2) is 4.97. The van der Waals surface area contributed by atoms with Gasteiger partial charge in [0.15, 0.2) is 17.3 Å². The van der Waals surface area contributed by atoms with Crippen molar-refractivity contribution in [1.82, 2.24) is 19.6 Å². The molecule has 2 bridgehead atoms. The first-order valence-corrected chi connectivity index (χ1v) is 8.75. The Morgan fingerprint density at radius 1 is 1.24 bits per heavy atom. The van der Waals surface area contributed by atoms with Gasteiger partial charge < -0.3 is 4.74 Å². The molecule has 3 fully saturated rings. The quantitative estimate of drug-likeness (QED) is 0.619. The van der Waals surface area contributed by atoms with Crippen LogP contribution < -0.4 is 4.74 Å². The molecule has 0 N–H and O–H groups in total. The maximum absolute atomic E-state index is 14.3. The van der Waals surface area contributed by atoms with Gasteiger partial charge in [0, 0.05) is 17.5 Å². The van der Waals surface area contributed by atoms with E-state index in [1.807, 2.05) is 6.07 Å². The summed E-state index contributed by atoms with van der Waals surface area (Å²) in [5.41, 5.74) is 1.86. The Hall–Kier alpha value is -2.09. The van der Waals surface area contributed by atoms with Crippen LogP contribution in [0.3, 0.4) is 0 Å². The fraction of sp³-hybridized carbons (Fsp3) is 0.353. The SMILES string of the molecule is COc1cc2ncc(-c3nc(Br)c(F)cc3F)n2nc1C12CC(C1)C2. The summed E-state index contributed by atoms with van der Waals surface area (Å²) in [5, 5.41) is 4.72. The van der Waals surface area contributed by atoms with Gasteiger partial charge in [-0.15, -0.1) is 0 Å². The number of nitrogens with zero attached hydrogens (tertiary/aromatic N) is 4. The number of rotatable bonds is 3. The number of imidazole rings is 1. The van der Waals surface area contributed by atoms with Gasteiger partial charge in [-0.3, -0.25) is 0 Å². The number of aromatic nitrogens is 4. The van der Waals surface area contributed by atoms with Crippen LogP contribution in [0.5, 0.6) is 5.75 Å². The number of ether oxygens (including phenoxy) is 1. The highest BCUT2D eigenvalue weighted by Crippen LogP contribution is 2.66. The Labute approximate surface area is 150 Å². The predicted octanol–water partition coefficient (Wildman–Crippen LogP) is 3.89. The lowest BCUT2D eigenvalue weighted by atomic mass is 9.43. The molecule has 3 saturated carbocycles. The molecule has 3 aliphatic rings. The molecule has 3 heterocycles. The lowest BCUT2D eigenvalue weighted by Crippen LogP contribution is -2.56. The van der Waals surface area contributed by atoms with Gasteiger partial charge in [-0.25, -0.2) is 23.3 Å². The standard InChI is InChI=1S/C17H13BrF2N4O/c1-25-12-3-13-21-7-11(14-9(19)2-10(20)16(18)22-14)24(13)23-15(12)17-4-8(5-17)6-17/h2-3,7-8H,4-6H2,1H3. The first-order valence-electron chi connectivity index (χ1n) is 7.96. The molecule has 0 saturated heterocycles. The monoisotopic (exact) mass is 406 g/mol. The van der Waals surface area contributed by atoms with E-state index in [9.17, 15) is 8.78 Å². The molecule has 0 atom stereocenters. The highest BCUT2D eigenvalue weighted by molar-refractivity contribution is 9.10. The third kappa shape index (κ3) is 2.00. The molecule has 8 heteroatoms. The highest BCUT2D eigenvalue weighted by Gasteiger charge is 2.59. The number of hydrogen-bond acceptors (Lipinski definition) is 4. The summed E-state index contributed by atoms with van der Waals surface area (Å²) in [5.74, 6) is -0.0143. The number of fused-ring (bicyclic) bond motifs is 1. The van der Waals surface area contributed by atoms with Gasteiger partial charge in [-0.05, 0) is 41.1 Å². The van der Waals surface area contributed by atoms with Crippen LogP contribution in [0.4, 0.5) is 8.78 Å². The van der Waals surface area contributed by atoms with Crippen molar-refractivity contribution in [2.24, 2.45) is 5.92 Å². The third-order valence-electron chi connectivity index (χ3n) is 5.35. The van der Waals surface area contributed by atoms with Crippen LogP contribution in [-0.2, 0) is 5.41 Å². The van der Waals surface area contributed by atoms with Gasteiger partial charge in [0.2, 0.25) is 0 Å². The molecule has 5 nitrogen and oxygen atoms in total. The van der Waals surface area contributed by atoms with Crippen molar-refractivity contribution in [3.63, 3.8) is 0 Å². The summed E-state index contributed by atoms with van der Waals surface area (Å²) in [6, 6.07) is 2.61. The van der Waals surface area contributed by atoms with Crippen molar-refractivity contribution >= 4 is 21.6 Å². The van der Waals surface area contributed by atoms with E-state index in [0.29, 0.717) is 17.1 Å². The van der Waals surface area contributed by atoms with Crippen molar-refractivity contribution in [3.8, 4) is 17.1 Å². The number of hydrogen-bond donors (Lipinski definition) is 0. The summed E-state index contributed by atoms with van der Waals surface area (Å²) < 4.78 is 34.8. The van der Waals surface area contributed by atoms with Gasteiger partial charge in [-0.1, -0.05) is 0 Å². The summed E-state index contributed by atoms with van der Waals surface area (Å²) in [4.78, 5) is 8.26. The summed E-state index contributed by atoms with van der Waals surface area (Å²) in [6.07, 6.45) is 4.82. The zero-order chi connectivity index (χ0) is 17.3. The van der Waals surface area contributed by atoms with Crippen LogP contribution in [0.2, 0.25) is 0 Å². The maximum Gasteiger partial charge on any atom is 0.158 e. The van der Waals surface area contributed by atoms with Crippen LogP contribution in [0, 0.1) is 17.6 Å². The molecule has 128 valence electrons. The first-order chi connectivity index (χ1) is 12.0. The van der Waals surface area contributed by atoms with Gasteiger partial charge in [0.25, 0.3) is 0 Å². The second-order valence-corrected chi connectivity index (χ2v) is 7.58. The van der Waals surface area contributed by atoms with Crippen molar-refractivity contribution in [2.75, 3.05) is 7.11 Å². The smallest absolute Gasteiger partial charge is 0.158 e. The van der Waals surface area contributed by atoms with Crippen molar-refractivity contribution in [2.45, 2.75) is 24.7 Å². The van der Waals surface area contributed by atoms with Gasteiger partial charge in [0.05, 0.1) is 13.3 Å². The van der Waals surface area contributed by atoms with E-state index in [2.05, 4.69) is 25.9 Å². The molecule has 0 aromatic carbocycles. The molecular formula is C17H13BrF2N4O. The summed E-state index contributed by atoms with van der Waals surface area (Å²) in [7, 11) is 1.62. The van der Waals surface area contributed by atoms with Crippen LogP contribution >= 0.6 is 15.9 Å². The minimum atomic E-state index is -0.757. The molecule has 6 rings (SSSR count). The molecule has 3 aliphatic carbocycles. The molecule has 3 aromatic heterocycles. The van der Waals surface area contributed by atoms with E-state index in [4.69, 9.17) is 9.84 Å². The Morgan fingerprint density at radius 2 is 2.00 bits per heavy atom. The van der Waals surface area contributed by atoms with Crippen LogP contribution in [-0.4, -0.2) is 26.7 Å². The average molecular weight is 407 g/mol. The van der Waals surface area contributed by atoms with E-state index >= 15 is 0 Å². The van der Waals surface area contributed by atoms with Crippen molar-refractivity contribution < 1.29 is 13.5 Å². The molecule has 0 radical (unpaired) electrons. The largest absolute Gasteiger partial charge is 0.495 e. The molecule has 0 aliphatic heterocycles. The van der Waals surface area contributed by atoms with Gasteiger partial charge in [0.1, 0.15) is 27.4 Å². The molecular weight excluding hydrogens is 394 g/mol. The zero-order valence-corrected chi connectivity index (χ0v) is 14.8. The first kappa shape index (κ1) is 15.2. The van der Waals surface area contributed by atoms with E-state index in [0.717, 1.165) is 36.9 Å². The molecule has 0 amide bonds. The topological polar surface area (TPSA) is 52.3 Å². The lowest BCUT2D eigenvalue weighted by molar-refractivity contribution is -0.0333. The van der Waals surface area contributed by atoms with Crippen LogP contribution in [0.25, 0.3) is 17.0 Å². The van der Waals surface area contributed by atoms with E-state index < -0.39 is 11.6 Å². The molecule has 0 spiro atoms. The minimum absolute atomic E-state index is 0.00184. The predicted molar refractivity (Wildman–Crippen MR) is 89.4 cm³/mol. The van der Waals surface area contributed by atoms with Gasteiger partial charge >= 0.3 is 0 Å². The fourth-order valence-corrected chi connectivity index (χ4v) is 4.27. The third-order valence-corrected chi connectivity index (χ3v) is 5.90. The Bertz CT molecular complexity index is 1020. The Balaban J connectivity index is 1.73. The van der Waals surface area contributed by atoms with Crippen molar-refractivity contribution in [3.05, 3.63) is 40.3 Å². The molecule has 0 unspecified atom stereocenters. The van der Waals surface area contributed by atoms with Gasteiger partial charge in [-0.2, -0.15) is 5.10 Å². The Morgan fingerprint density at radius 3 is 2.64 bits per heavy atom. The Kier molecular flexibility index (Phi) is 3.02. The lowest BCUT2D eigenvalue weighted by Gasteiger charge is -2.61. The van der Waals surface area contributed by atoms with E-state index in [1.54, 1.807) is 11.6 Å². The fourth-order valence-electron chi connectivity index (χ4n) is 3.98.